The van der Waals surface area contributed by atoms with E-state index in [1.807, 2.05) is 0 Å². The second-order valence-corrected chi connectivity index (χ2v) is 1.50. The molecule has 1 rings (SSSR count). The van der Waals surface area contributed by atoms with E-state index in [-0.39, 0.29) is 0 Å². The first kappa shape index (κ1) is 5.03. The zero-order valence-electron chi connectivity index (χ0n) is 4.46. The van der Waals surface area contributed by atoms with Crippen LogP contribution < -0.4 is 0 Å². The molecule has 0 spiro atoms. The van der Waals surface area contributed by atoms with Crippen LogP contribution in [0.4, 0.5) is 0 Å². The normalized spacial score (nSPS) is 9.12. The third kappa shape index (κ3) is 0.753. The molecule has 1 aromatic rings. The number of hydrogen-bond acceptors (Lipinski definition) is 2. The fourth-order valence-electron chi connectivity index (χ4n) is 0.474. The first-order chi connectivity index (χ1) is 3.83. The lowest BCUT2D eigenvalue weighted by Gasteiger charge is -1.78. The largest absolute Gasteiger partial charge is 0.285 e. The van der Waals surface area contributed by atoms with E-state index in [2.05, 4.69) is 5.10 Å². The number of carbonyl (C=O) groups excluding carboxylic acids is 1. The van der Waals surface area contributed by atoms with Crippen LogP contribution in [0.5, 0.6) is 0 Å². The molecule has 8 heavy (non-hydrogen) atoms. The molecule has 0 unspecified atom stereocenters. The Morgan fingerprint density at radius 1 is 1.88 bits per heavy atom. The Balaban J connectivity index is 3.00. The zero-order valence-corrected chi connectivity index (χ0v) is 4.46. The van der Waals surface area contributed by atoms with Crippen LogP contribution in [0.25, 0.3) is 0 Å². The van der Waals surface area contributed by atoms with Crippen LogP contribution in [-0.4, -0.2) is 16.1 Å². The van der Waals surface area contributed by atoms with Gasteiger partial charge in [-0.15, -0.1) is 0 Å². The van der Waals surface area contributed by atoms with Crippen molar-refractivity contribution < 1.29 is 4.79 Å². The van der Waals surface area contributed by atoms with Gasteiger partial charge < -0.3 is 0 Å². The van der Waals surface area contributed by atoms with E-state index in [1.165, 1.54) is 6.20 Å². The second-order valence-electron chi connectivity index (χ2n) is 1.50. The van der Waals surface area contributed by atoms with Gasteiger partial charge in [0.2, 0.25) is 6.29 Å². The average molecular weight is 109 g/mol. The molecule has 0 bridgehead atoms. The minimum Gasteiger partial charge on any atom is -0.285 e. The Kier molecular flexibility index (Phi) is 1.12. The summed E-state index contributed by atoms with van der Waals surface area (Å²) in [5.74, 6) is 0. The van der Waals surface area contributed by atoms with Crippen molar-refractivity contribution in [3.8, 4) is 0 Å². The molecule has 1 heterocycles. The van der Waals surface area contributed by atoms with Crippen LogP contribution in [0.1, 0.15) is 5.56 Å². The molecule has 0 aliphatic carbocycles. The lowest BCUT2D eigenvalue weighted by molar-refractivity contribution is 0.562. The molecule has 0 aliphatic rings. The minimum absolute atomic E-state index is 0.493. The van der Waals surface area contributed by atoms with Crippen LogP contribution in [0.2, 0.25) is 0 Å². The first-order valence-corrected chi connectivity index (χ1v) is 2.20. The quantitative estimate of drug-likeness (QED) is 0.503. The van der Waals surface area contributed by atoms with E-state index in [4.69, 9.17) is 0 Å². The topological polar surface area (TPSA) is 34.9 Å². The number of rotatable bonds is 1. The minimum atomic E-state index is 0.493. The zero-order chi connectivity index (χ0) is 5.98. The van der Waals surface area contributed by atoms with Crippen molar-refractivity contribution in [2.75, 3.05) is 0 Å². The van der Waals surface area contributed by atoms with Crippen molar-refractivity contribution in [1.82, 2.24) is 9.78 Å². The molecule has 0 fully saturated rings. The van der Waals surface area contributed by atoms with Crippen molar-refractivity contribution in [1.29, 1.82) is 0 Å². The Hall–Kier alpha value is -1.12. The predicted octanol–water partition coefficient (Wildman–Crippen LogP) is -0.122. The van der Waals surface area contributed by atoms with Crippen LogP contribution >= 0.6 is 0 Å². The van der Waals surface area contributed by atoms with Crippen LogP contribution in [-0.2, 0) is 11.8 Å². The molecule has 0 atom stereocenters. The molecule has 41 valence electrons. The van der Waals surface area contributed by atoms with E-state index < -0.39 is 0 Å². The van der Waals surface area contributed by atoms with Crippen LogP contribution in [0.3, 0.4) is 0 Å². The van der Waals surface area contributed by atoms with Gasteiger partial charge in [0.05, 0.1) is 11.8 Å². The molecule has 1 aromatic heterocycles. The van der Waals surface area contributed by atoms with Gasteiger partial charge in [-0.3, -0.25) is 9.48 Å². The summed E-state index contributed by atoms with van der Waals surface area (Å²) in [6, 6.07) is 0. The maximum atomic E-state index is 9.84. The molecule has 3 heteroatoms. The van der Waals surface area contributed by atoms with Gasteiger partial charge in [-0.05, 0) is 0 Å². The fourth-order valence-corrected chi connectivity index (χ4v) is 0.474. The Morgan fingerprint density at radius 3 is 2.88 bits per heavy atom. The number of aromatic nitrogens is 2. The summed E-state index contributed by atoms with van der Waals surface area (Å²) in [5.41, 5.74) is 0.493. The highest BCUT2D eigenvalue weighted by Crippen LogP contribution is 1.87. The van der Waals surface area contributed by atoms with Crippen molar-refractivity contribution in [2.45, 2.75) is 0 Å². The average Bonchev–Trinajstić information content (AvgIpc) is 2.14. The van der Waals surface area contributed by atoms with Gasteiger partial charge in [0.25, 0.3) is 0 Å². The second kappa shape index (κ2) is 1.78. The fraction of sp³-hybridized carbons (Fsp3) is 0.200. The Morgan fingerprint density at radius 2 is 2.62 bits per heavy atom. The summed E-state index contributed by atoms with van der Waals surface area (Å²) in [7, 11) is 1.75. The molecular weight excluding hydrogens is 104 g/mol. The Bertz CT molecular complexity index is 192. The van der Waals surface area contributed by atoms with E-state index in [1.54, 1.807) is 24.2 Å². The van der Waals surface area contributed by atoms with Crippen molar-refractivity contribution in [3.63, 3.8) is 0 Å². The summed E-state index contributed by atoms with van der Waals surface area (Å²) in [4.78, 5) is 9.84. The first-order valence-electron chi connectivity index (χ1n) is 2.20. The van der Waals surface area contributed by atoms with Crippen molar-refractivity contribution in [2.24, 2.45) is 7.05 Å². The van der Waals surface area contributed by atoms with Gasteiger partial charge in [0.15, 0.2) is 0 Å². The van der Waals surface area contributed by atoms with E-state index >= 15 is 0 Å². The number of hydrogen-bond donors (Lipinski definition) is 0. The maximum Gasteiger partial charge on any atom is 0.236 e. The summed E-state index contributed by atoms with van der Waals surface area (Å²) >= 11 is 0. The van der Waals surface area contributed by atoms with E-state index in [0.717, 1.165) is 0 Å². The summed E-state index contributed by atoms with van der Waals surface area (Å²) in [6.45, 7) is 0. The third-order valence-corrected chi connectivity index (χ3v) is 0.823. The highest BCUT2D eigenvalue weighted by Gasteiger charge is 1.89. The van der Waals surface area contributed by atoms with E-state index in [0.29, 0.717) is 5.56 Å². The van der Waals surface area contributed by atoms with Crippen molar-refractivity contribution >= 4 is 6.29 Å². The summed E-state index contributed by atoms with van der Waals surface area (Å²) in [5, 5.41) is 3.74. The van der Waals surface area contributed by atoms with Crippen molar-refractivity contribution in [3.05, 3.63) is 18.0 Å². The molecular formula is C5H5N2O. The molecule has 3 nitrogen and oxygen atoms in total. The molecule has 1 radical (unpaired) electrons. The summed E-state index contributed by atoms with van der Waals surface area (Å²) in [6.07, 6.45) is 4.78. The number of nitrogens with zero attached hydrogens (tertiary/aromatic N) is 2. The lowest BCUT2D eigenvalue weighted by Crippen LogP contribution is -1.84. The maximum absolute atomic E-state index is 9.84. The SMILES string of the molecule is Cn1cc([C]=O)cn1. The highest BCUT2D eigenvalue weighted by atomic mass is 16.1. The lowest BCUT2D eigenvalue weighted by atomic mass is 10.4. The third-order valence-electron chi connectivity index (χ3n) is 0.823. The standard InChI is InChI=1S/C5H5N2O/c1-7-3-5(4-8)2-6-7/h2-3H,1H3. The molecule has 0 saturated heterocycles. The molecule has 0 amide bonds. The molecule has 0 N–H and O–H groups in total. The van der Waals surface area contributed by atoms with Gasteiger partial charge in [-0.25, -0.2) is 0 Å². The monoisotopic (exact) mass is 109 g/mol. The van der Waals surface area contributed by atoms with Gasteiger partial charge in [-0.1, -0.05) is 0 Å². The van der Waals surface area contributed by atoms with Gasteiger partial charge in [-0.2, -0.15) is 5.10 Å². The van der Waals surface area contributed by atoms with Gasteiger partial charge in [0.1, 0.15) is 0 Å². The Labute approximate surface area is 46.9 Å². The van der Waals surface area contributed by atoms with Crippen LogP contribution in [0, 0.1) is 0 Å². The summed E-state index contributed by atoms with van der Waals surface area (Å²) < 4.78 is 1.56. The highest BCUT2D eigenvalue weighted by molar-refractivity contribution is 5.73. The van der Waals surface area contributed by atoms with Gasteiger partial charge >= 0.3 is 0 Å². The number of aryl methyl sites for hydroxylation is 1. The van der Waals surface area contributed by atoms with Crippen LogP contribution in [0.15, 0.2) is 12.4 Å². The van der Waals surface area contributed by atoms with Gasteiger partial charge in [0, 0.05) is 13.2 Å². The van der Waals surface area contributed by atoms with E-state index in [9.17, 15) is 4.79 Å². The molecule has 0 saturated carbocycles. The molecule has 0 aromatic carbocycles. The smallest absolute Gasteiger partial charge is 0.236 e. The molecule has 0 aliphatic heterocycles. The predicted molar refractivity (Wildman–Crippen MR) is 28.0 cm³/mol.